The number of carbonyl (C=O) groups is 1. The van der Waals surface area contributed by atoms with E-state index in [9.17, 15) is 4.79 Å². The Morgan fingerprint density at radius 2 is 2.28 bits per heavy atom. The first-order valence-corrected chi connectivity index (χ1v) is 6.32. The highest BCUT2D eigenvalue weighted by atomic mass is 16.5. The molecule has 0 bridgehead atoms. The molecule has 1 heterocycles. The monoisotopic (exact) mass is 251 g/mol. The van der Waals surface area contributed by atoms with E-state index in [1.165, 1.54) is 0 Å². The van der Waals surface area contributed by atoms with E-state index in [1.807, 2.05) is 6.92 Å². The molecule has 100 valence electrons. The zero-order valence-corrected chi connectivity index (χ0v) is 11.0. The van der Waals surface area contributed by atoms with E-state index in [-0.39, 0.29) is 5.91 Å². The Bertz CT molecular complexity index is 365. The molecule has 0 aromatic carbocycles. The van der Waals surface area contributed by atoms with Crippen LogP contribution in [0.3, 0.4) is 0 Å². The number of hydrogen-bond donors (Lipinski definition) is 2. The first-order valence-electron chi connectivity index (χ1n) is 6.32. The molecule has 0 aliphatic heterocycles. The predicted molar refractivity (Wildman–Crippen MR) is 71.5 cm³/mol. The summed E-state index contributed by atoms with van der Waals surface area (Å²) in [4.78, 5) is 15.8. The topological polar surface area (TPSA) is 77.2 Å². The molecule has 0 aliphatic carbocycles. The second kappa shape index (κ2) is 7.66. The van der Waals surface area contributed by atoms with Crippen LogP contribution in [0.2, 0.25) is 0 Å². The van der Waals surface area contributed by atoms with E-state index >= 15 is 0 Å². The number of rotatable bonds is 7. The van der Waals surface area contributed by atoms with Crippen LogP contribution in [0.4, 0.5) is 5.69 Å². The largest absolute Gasteiger partial charge is 0.478 e. The Labute approximate surface area is 108 Å². The maximum atomic E-state index is 11.7. The van der Waals surface area contributed by atoms with E-state index < -0.39 is 6.04 Å². The van der Waals surface area contributed by atoms with Crippen LogP contribution in [0.15, 0.2) is 18.3 Å². The number of nitrogens with one attached hydrogen (secondary N) is 1. The number of anilines is 1. The van der Waals surface area contributed by atoms with Crippen molar-refractivity contribution in [2.75, 3.05) is 11.9 Å². The summed E-state index contributed by atoms with van der Waals surface area (Å²) in [5, 5.41) is 2.74. The van der Waals surface area contributed by atoms with E-state index in [1.54, 1.807) is 18.3 Å². The molecule has 1 aromatic heterocycles. The molecule has 5 nitrogen and oxygen atoms in total. The Morgan fingerprint density at radius 3 is 2.83 bits per heavy atom. The molecule has 0 spiro atoms. The van der Waals surface area contributed by atoms with Gasteiger partial charge in [-0.2, -0.15) is 0 Å². The number of ether oxygens (including phenoxy) is 1. The van der Waals surface area contributed by atoms with Crippen molar-refractivity contribution in [2.24, 2.45) is 5.73 Å². The summed E-state index contributed by atoms with van der Waals surface area (Å²) in [5.74, 6) is 0.375. The molecule has 1 aromatic rings. The molecule has 1 atom stereocenters. The molecule has 18 heavy (non-hydrogen) atoms. The van der Waals surface area contributed by atoms with Crippen LogP contribution in [-0.2, 0) is 4.79 Å². The van der Waals surface area contributed by atoms with Crippen molar-refractivity contribution >= 4 is 11.6 Å². The number of unbranched alkanes of at least 4 members (excludes halogenated alkanes) is 1. The van der Waals surface area contributed by atoms with Gasteiger partial charge in [0.2, 0.25) is 11.8 Å². The molecule has 0 saturated carbocycles. The average molecular weight is 251 g/mol. The van der Waals surface area contributed by atoms with E-state index in [2.05, 4.69) is 17.2 Å². The smallest absolute Gasteiger partial charge is 0.241 e. The zero-order chi connectivity index (χ0) is 13.4. The van der Waals surface area contributed by atoms with Crippen LogP contribution >= 0.6 is 0 Å². The number of carbonyl (C=O) groups excluding carboxylic acids is 1. The van der Waals surface area contributed by atoms with Gasteiger partial charge in [0.25, 0.3) is 0 Å². The highest BCUT2D eigenvalue weighted by molar-refractivity contribution is 5.94. The first kappa shape index (κ1) is 14.4. The van der Waals surface area contributed by atoms with E-state index in [4.69, 9.17) is 10.5 Å². The third-order valence-corrected chi connectivity index (χ3v) is 2.50. The summed E-state index contributed by atoms with van der Waals surface area (Å²) in [6, 6.07) is 3.01. The van der Waals surface area contributed by atoms with Crippen molar-refractivity contribution in [2.45, 2.75) is 39.2 Å². The van der Waals surface area contributed by atoms with Crippen molar-refractivity contribution in [1.29, 1.82) is 0 Å². The fourth-order valence-corrected chi connectivity index (χ4v) is 1.48. The zero-order valence-electron chi connectivity index (χ0n) is 11.0. The van der Waals surface area contributed by atoms with Crippen LogP contribution in [0.5, 0.6) is 5.88 Å². The van der Waals surface area contributed by atoms with Crippen LogP contribution in [0.1, 0.15) is 33.1 Å². The summed E-state index contributed by atoms with van der Waals surface area (Å²) in [7, 11) is 0. The number of pyridine rings is 1. The van der Waals surface area contributed by atoms with Gasteiger partial charge in [-0.15, -0.1) is 0 Å². The minimum Gasteiger partial charge on any atom is -0.478 e. The summed E-state index contributed by atoms with van der Waals surface area (Å²) in [6.45, 7) is 4.53. The third kappa shape index (κ3) is 4.71. The lowest BCUT2D eigenvalue weighted by atomic mass is 10.1. The van der Waals surface area contributed by atoms with Gasteiger partial charge in [0.1, 0.15) is 0 Å². The predicted octanol–water partition coefficient (Wildman–Crippen LogP) is 1.94. The van der Waals surface area contributed by atoms with Gasteiger partial charge in [-0.05, 0) is 19.4 Å². The fraction of sp³-hybridized carbons (Fsp3) is 0.538. The molecule has 3 N–H and O–H groups in total. The average Bonchev–Trinajstić information content (AvgIpc) is 2.38. The van der Waals surface area contributed by atoms with Gasteiger partial charge in [0, 0.05) is 6.07 Å². The number of nitrogens with zero attached hydrogens (tertiary/aromatic N) is 1. The molecule has 5 heteroatoms. The quantitative estimate of drug-likeness (QED) is 0.776. The molecule has 0 fully saturated rings. The van der Waals surface area contributed by atoms with Gasteiger partial charge < -0.3 is 15.8 Å². The second-order valence-corrected chi connectivity index (χ2v) is 4.06. The highest BCUT2D eigenvalue weighted by Gasteiger charge is 2.12. The molecular weight excluding hydrogens is 230 g/mol. The standard InChI is InChI=1S/C13H21N3O2/c1-3-5-6-11(14)13(17)16-10-7-8-12(15-9-10)18-4-2/h7-9,11H,3-6,14H2,1-2H3,(H,16,17). The summed E-state index contributed by atoms with van der Waals surface area (Å²) < 4.78 is 5.22. The first-order chi connectivity index (χ1) is 8.67. The number of hydrogen-bond acceptors (Lipinski definition) is 4. The summed E-state index contributed by atoms with van der Waals surface area (Å²) in [5.41, 5.74) is 6.41. The Kier molecular flexibility index (Phi) is 6.14. The number of amides is 1. The van der Waals surface area contributed by atoms with Gasteiger partial charge in [0.15, 0.2) is 0 Å². The maximum Gasteiger partial charge on any atom is 0.241 e. The molecular formula is C13H21N3O2. The fourth-order valence-electron chi connectivity index (χ4n) is 1.48. The molecule has 0 saturated heterocycles. The minimum atomic E-state index is -0.462. The van der Waals surface area contributed by atoms with Crippen LogP contribution in [-0.4, -0.2) is 23.5 Å². The normalized spacial score (nSPS) is 11.9. The van der Waals surface area contributed by atoms with Gasteiger partial charge in [-0.1, -0.05) is 19.8 Å². The molecule has 1 rings (SSSR count). The lowest BCUT2D eigenvalue weighted by Gasteiger charge is -2.11. The Balaban J connectivity index is 2.48. The molecule has 1 amide bonds. The summed E-state index contributed by atoms with van der Waals surface area (Å²) in [6.07, 6.45) is 4.25. The Hall–Kier alpha value is -1.62. The second-order valence-electron chi connectivity index (χ2n) is 4.06. The molecule has 0 aliphatic rings. The Morgan fingerprint density at radius 1 is 1.50 bits per heavy atom. The third-order valence-electron chi connectivity index (χ3n) is 2.50. The number of nitrogens with two attached hydrogens (primary N) is 1. The van der Waals surface area contributed by atoms with Crippen LogP contribution in [0, 0.1) is 0 Å². The van der Waals surface area contributed by atoms with Crippen molar-refractivity contribution in [1.82, 2.24) is 4.98 Å². The van der Waals surface area contributed by atoms with E-state index in [0.29, 0.717) is 24.6 Å². The van der Waals surface area contributed by atoms with Gasteiger partial charge >= 0.3 is 0 Å². The lowest BCUT2D eigenvalue weighted by Crippen LogP contribution is -2.35. The minimum absolute atomic E-state index is 0.172. The van der Waals surface area contributed by atoms with Crippen molar-refractivity contribution in [3.05, 3.63) is 18.3 Å². The molecule has 0 radical (unpaired) electrons. The summed E-state index contributed by atoms with van der Waals surface area (Å²) >= 11 is 0. The van der Waals surface area contributed by atoms with Crippen molar-refractivity contribution in [3.63, 3.8) is 0 Å². The highest BCUT2D eigenvalue weighted by Crippen LogP contribution is 2.12. The molecule has 1 unspecified atom stereocenters. The van der Waals surface area contributed by atoms with Gasteiger partial charge in [-0.3, -0.25) is 4.79 Å². The van der Waals surface area contributed by atoms with Gasteiger partial charge in [-0.25, -0.2) is 4.98 Å². The van der Waals surface area contributed by atoms with E-state index in [0.717, 1.165) is 12.8 Å². The van der Waals surface area contributed by atoms with Crippen molar-refractivity contribution in [3.8, 4) is 5.88 Å². The maximum absolute atomic E-state index is 11.7. The van der Waals surface area contributed by atoms with Gasteiger partial charge in [0.05, 0.1) is 24.5 Å². The lowest BCUT2D eigenvalue weighted by molar-refractivity contribution is -0.117. The van der Waals surface area contributed by atoms with Crippen LogP contribution < -0.4 is 15.8 Å². The SMILES string of the molecule is CCCCC(N)C(=O)Nc1ccc(OCC)nc1. The van der Waals surface area contributed by atoms with Crippen LogP contribution in [0.25, 0.3) is 0 Å². The number of aromatic nitrogens is 1. The van der Waals surface area contributed by atoms with Crippen molar-refractivity contribution < 1.29 is 9.53 Å².